The van der Waals surface area contributed by atoms with E-state index < -0.39 is 6.04 Å². The molecule has 0 aromatic carbocycles. The Kier molecular flexibility index (Phi) is 5.55. The van der Waals surface area contributed by atoms with Crippen molar-refractivity contribution in [2.45, 2.75) is 33.2 Å². The van der Waals surface area contributed by atoms with Gasteiger partial charge in [0.2, 0.25) is 0 Å². The number of hydrogen-bond donors (Lipinski definition) is 0. The molecule has 0 aromatic heterocycles. The van der Waals surface area contributed by atoms with Crippen LogP contribution in [0.3, 0.4) is 0 Å². The standard InChI is InChI=1S/C12H19NO3S/c1-4-16-11(14)10-8-17-12(15)13(10)7-5-6-9(2)3/h6,10H,4-5,7-8H2,1-3H3. The van der Waals surface area contributed by atoms with Crippen molar-refractivity contribution in [2.24, 2.45) is 0 Å². The highest BCUT2D eigenvalue weighted by Gasteiger charge is 2.37. The van der Waals surface area contributed by atoms with Crippen LogP contribution in [0.1, 0.15) is 27.2 Å². The normalized spacial score (nSPS) is 19.4. The fourth-order valence-corrected chi connectivity index (χ4v) is 2.62. The molecule has 1 heterocycles. The first-order valence-electron chi connectivity index (χ1n) is 5.79. The number of nitrogens with zero attached hydrogens (tertiary/aromatic N) is 1. The minimum atomic E-state index is -0.405. The van der Waals surface area contributed by atoms with Crippen molar-refractivity contribution < 1.29 is 14.3 Å². The summed E-state index contributed by atoms with van der Waals surface area (Å²) in [6, 6.07) is -0.405. The molecule has 1 amide bonds. The second-order valence-corrected chi connectivity index (χ2v) is 5.08. The van der Waals surface area contributed by atoms with Crippen LogP contribution in [0, 0.1) is 0 Å². The van der Waals surface area contributed by atoms with Gasteiger partial charge in [-0.15, -0.1) is 0 Å². The number of hydrogen-bond acceptors (Lipinski definition) is 4. The molecule has 0 N–H and O–H groups in total. The quantitative estimate of drug-likeness (QED) is 0.560. The second-order valence-electron chi connectivity index (χ2n) is 4.11. The van der Waals surface area contributed by atoms with Gasteiger partial charge in [0.15, 0.2) is 0 Å². The molecule has 0 aromatic rings. The van der Waals surface area contributed by atoms with E-state index in [2.05, 4.69) is 6.08 Å². The van der Waals surface area contributed by atoms with Crippen LogP contribution in [-0.4, -0.2) is 41.1 Å². The number of amides is 1. The molecule has 0 bridgehead atoms. The molecule has 96 valence electrons. The highest BCUT2D eigenvalue weighted by Crippen LogP contribution is 2.25. The zero-order chi connectivity index (χ0) is 12.8. The van der Waals surface area contributed by atoms with E-state index in [1.165, 1.54) is 17.3 Å². The first kappa shape index (κ1) is 14.1. The maximum atomic E-state index is 11.7. The number of rotatable bonds is 5. The van der Waals surface area contributed by atoms with E-state index in [1.807, 2.05) is 13.8 Å². The Morgan fingerprint density at radius 3 is 2.88 bits per heavy atom. The van der Waals surface area contributed by atoms with E-state index in [0.29, 0.717) is 18.9 Å². The van der Waals surface area contributed by atoms with Crippen LogP contribution in [-0.2, 0) is 9.53 Å². The van der Waals surface area contributed by atoms with Gasteiger partial charge >= 0.3 is 5.97 Å². The highest BCUT2D eigenvalue weighted by molar-refractivity contribution is 8.13. The van der Waals surface area contributed by atoms with Crippen molar-refractivity contribution in [3.05, 3.63) is 11.6 Å². The van der Waals surface area contributed by atoms with Gasteiger partial charge in [-0.05, 0) is 27.2 Å². The Labute approximate surface area is 106 Å². The molecule has 0 aliphatic carbocycles. The van der Waals surface area contributed by atoms with Crippen molar-refractivity contribution in [3.63, 3.8) is 0 Å². The number of carbonyl (C=O) groups is 2. The number of thioether (sulfide) groups is 1. The summed E-state index contributed by atoms with van der Waals surface area (Å²) in [7, 11) is 0. The van der Waals surface area contributed by atoms with Crippen LogP contribution < -0.4 is 0 Å². The van der Waals surface area contributed by atoms with E-state index in [-0.39, 0.29) is 11.2 Å². The predicted molar refractivity (Wildman–Crippen MR) is 69.0 cm³/mol. The van der Waals surface area contributed by atoms with Gasteiger partial charge in [0, 0.05) is 12.3 Å². The number of esters is 1. The molecule has 4 nitrogen and oxygen atoms in total. The van der Waals surface area contributed by atoms with Gasteiger partial charge < -0.3 is 9.64 Å². The zero-order valence-electron chi connectivity index (χ0n) is 10.6. The van der Waals surface area contributed by atoms with E-state index in [9.17, 15) is 9.59 Å². The van der Waals surface area contributed by atoms with Gasteiger partial charge in [0.1, 0.15) is 6.04 Å². The van der Waals surface area contributed by atoms with E-state index in [0.717, 1.165) is 6.42 Å². The number of ether oxygens (including phenoxy) is 1. The molecular formula is C12H19NO3S. The molecule has 1 unspecified atom stereocenters. The summed E-state index contributed by atoms with van der Waals surface area (Å²) in [6.07, 6.45) is 2.85. The molecule has 5 heteroatoms. The molecule has 17 heavy (non-hydrogen) atoms. The molecule has 0 spiro atoms. The minimum absolute atomic E-state index is 0.0230. The Hall–Kier alpha value is -0.970. The molecule has 1 fully saturated rings. The Morgan fingerprint density at radius 2 is 2.29 bits per heavy atom. The largest absolute Gasteiger partial charge is 0.464 e. The van der Waals surface area contributed by atoms with Crippen molar-refractivity contribution in [2.75, 3.05) is 18.9 Å². The molecule has 1 rings (SSSR count). The lowest BCUT2D eigenvalue weighted by molar-refractivity contribution is -0.147. The predicted octanol–water partition coefficient (Wildman–Crippen LogP) is 2.44. The van der Waals surface area contributed by atoms with Gasteiger partial charge in [0.25, 0.3) is 5.24 Å². The Balaban J connectivity index is 2.56. The van der Waals surface area contributed by atoms with Gasteiger partial charge in [-0.2, -0.15) is 0 Å². The number of allylic oxidation sites excluding steroid dienone is 1. The fraction of sp³-hybridized carbons (Fsp3) is 0.667. The van der Waals surface area contributed by atoms with E-state index >= 15 is 0 Å². The van der Waals surface area contributed by atoms with E-state index in [1.54, 1.807) is 11.8 Å². The number of carbonyl (C=O) groups excluding carboxylic acids is 2. The molecule has 1 saturated heterocycles. The summed E-state index contributed by atoms with van der Waals surface area (Å²) in [5.74, 6) is 0.218. The maximum absolute atomic E-state index is 11.7. The van der Waals surface area contributed by atoms with Gasteiger partial charge in [-0.1, -0.05) is 23.4 Å². The van der Waals surface area contributed by atoms with Crippen LogP contribution in [0.25, 0.3) is 0 Å². The van der Waals surface area contributed by atoms with Gasteiger partial charge in [-0.25, -0.2) is 4.79 Å². The third-order valence-corrected chi connectivity index (χ3v) is 3.42. The molecule has 0 saturated carbocycles. The zero-order valence-corrected chi connectivity index (χ0v) is 11.4. The molecule has 0 radical (unpaired) electrons. The molecule has 1 atom stereocenters. The smallest absolute Gasteiger partial charge is 0.329 e. The van der Waals surface area contributed by atoms with Crippen LogP contribution in [0.15, 0.2) is 11.6 Å². The summed E-state index contributed by atoms with van der Waals surface area (Å²) < 4.78 is 4.97. The van der Waals surface area contributed by atoms with E-state index in [4.69, 9.17) is 4.74 Å². The Morgan fingerprint density at radius 1 is 1.59 bits per heavy atom. The average Bonchev–Trinajstić information content (AvgIpc) is 2.60. The van der Waals surface area contributed by atoms with Crippen LogP contribution in [0.5, 0.6) is 0 Å². The lowest BCUT2D eigenvalue weighted by Crippen LogP contribution is -2.41. The topological polar surface area (TPSA) is 46.6 Å². The minimum Gasteiger partial charge on any atom is -0.464 e. The fourth-order valence-electron chi connectivity index (χ4n) is 1.62. The molecular weight excluding hydrogens is 238 g/mol. The summed E-state index contributed by atoms with van der Waals surface area (Å²) in [6.45, 7) is 6.75. The molecule has 1 aliphatic heterocycles. The lowest BCUT2D eigenvalue weighted by Gasteiger charge is -2.21. The average molecular weight is 257 g/mol. The monoisotopic (exact) mass is 257 g/mol. The third kappa shape index (κ3) is 4.07. The SMILES string of the molecule is CCOC(=O)C1CSC(=O)N1CCC=C(C)C. The van der Waals surface area contributed by atoms with Gasteiger partial charge in [-0.3, -0.25) is 4.79 Å². The maximum Gasteiger partial charge on any atom is 0.329 e. The summed E-state index contributed by atoms with van der Waals surface area (Å²) in [5.41, 5.74) is 1.22. The summed E-state index contributed by atoms with van der Waals surface area (Å²) in [5, 5.41) is -0.0230. The summed E-state index contributed by atoms with van der Waals surface area (Å²) in [4.78, 5) is 24.9. The van der Waals surface area contributed by atoms with Crippen LogP contribution in [0.2, 0.25) is 0 Å². The highest BCUT2D eigenvalue weighted by atomic mass is 32.2. The second kappa shape index (κ2) is 6.69. The first-order valence-corrected chi connectivity index (χ1v) is 6.78. The summed E-state index contributed by atoms with van der Waals surface area (Å²) >= 11 is 1.19. The van der Waals surface area contributed by atoms with Crippen molar-refractivity contribution in [3.8, 4) is 0 Å². The van der Waals surface area contributed by atoms with Crippen LogP contribution in [0.4, 0.5) is 4.79 Å². The van der Waals surface area contributed by atoms with Crippen molar-refractivity contribution >= 4 is 23.0 Å². The van der Waals surface area contributed by atoms with Gasteiger partial charge in [0.05, 0.1) is 6.61 Å². The van der Waals surface area contributed by atoms with Crippen LogP contribution >= 0.6 is 11.8 Å². The lowest BCUT2D eigenvalue weighted by atomic mass is 10.2. The first-order chi connectivity index (χ1) is 8.06. The van der Waals surface area contributed by atoms with Crippen molar-refractivity contribution in [1.82, 2.24) is 4.90 Å². The van der Waals surface area contributed by atoms with Crippen molar-refractivity contribution in [1.29, 1.82) is 0 Å². The Bertz CT molecular complexity index is 324. The molecule has 1 aliphatic rings. The third-order valence-electron chi connectivity index (χ3n) is 2.46.